The fourth-order valence-corrected chi connectivity index (χ4v) is 3.08. The molecular weight excluding hydrogens is 304 g/mol. The van der Waals surface area contributed by atoms with Gasteiger partial charge in [0, 0.05) is 11.6 Å². The number of nitrogens with zero attached hydrogens (tertiary/aromatic N) is 1. The van der Waals surface area contributed by atoms with Crippen molar-refractivity contribution in [3.05, 3.63) is 32.8 Å². The third-order valence-corrected chi connectivity index (χ3v) is 4.58. The third kappa shape index (κ3) is 3.48. The molecule has 108 valence electrons. The van der Waals surface area contributed by atoms with Gasteiger partial charge in [-0.15, -0.1) is 6.42 Å². The molecule has 0 aliphatic rings. The summed E-state index contributed by atoms with van der Waals surface area (Å²) < 4.78 is 26.6. The van der Waals surface area contributed by atoms with Crippen LogP contribution < -0.4 is 4.72 Å². The minimum absolute atomic E-state index is 0.00177. The topological polar surface area (TPSA) is 89.3 Å². The predicted molar refractivity (Wildman–Crippen MR) is 76.1 cm³/mol. The summed E-state index contributed by atoms with van der Waals surface area (Å²) in [7, 11) is -4.01. The van der Waals surface area contributed by atoms with Gasteiger partial charge in [0.15, 0.2) is 0 Å². The van der Waals surface area contributed by atoms with Crippen molar-refractivity contribution in [1.29, 1.82) is 0 Å². The van der Waals surface area contributed by atoms with Crippen LogP contribution in [-0.2, 0) is 10.0 Å². The standard InChI is InChI=1S/C12H13ClN2O4S/c1-5-12(3,4)14-20(18,19)9-6-10(13)8(2)11(7-9)15(16)17/h1,6-7,14H,2-4H3. The monoisotopic (exact) mass is 316 g/mol. The van der Waals surface area contributed by atoms with Gasteiger partial charge in [-0.2, -0.15) is 4.72 Å². The second-order valence-electron chi connectivity index (χ2n) is 4.68. The van der Waals surface area contributed by atoms with Crippen LogP contribution in [0.1, 0.15) is 19.4 Å². The van der Waals surface area contributed by atoms with Gasteiger partial charge < -0.3 is 0 Å². The summed E-state index contributed by atoms with van der Waals surface area (Å²) in [4.78, 5) is 9.90. The van der Waals surface area contributed by atoms with Gasteiger partial charge in [0.05, 0.1) is 20.4 Å². The number of nitrogens with one attached hydrogen (secondary N) is 1. The van der Waals surface area contributed by atoms with Crippen molar-refractivity contribution in [3.8, 4) is 12.3 Å². The first-order valence-electron chi connectivity index (χ1n) is 5.46. The molecule has 0 spiro atoms. The number of nitro benzene ring substituents is 1. The maximum absolute atomic E-state index is 12.2. The highest BCUT2D eigenvalue weighted by Gasteiger charge is 2.27. The van der Waals surface area contributed by atoms with Gasteiger partial charge in [0.25, 0.3) is 5.69 Å². The lowest BCUT2D eigenvalue weighted by atomic mass is 10.1. The van der Waals surface area contributed by atoms with Crippen molar-refractivity contribution >= 4 is 27.3 Å². The molecule has 0 radical (unpaired) electrons. The molecule has 0 atom stereocenters. The highest BCUT2D eigenvalue weighted by Crippen LogP contribution is 2.29. The maximum Gasteiger partial charge on any atom is 0.275 e. The van der Waals surface area contributed by atoms with Crippen LogP contribution in [0, 0.1) is 29.4 Å². The van der Waals surface area contributed by atoms with Crippen LogP contribution >= 0.6 is 11.6 Å². The highest BCUT2D eigenvalue weighted by atomic mass is 35.5. The lowest BCUT2D eigenvalue weighted by molar-refractivity contribution is -0.385. The second-order valence-corrected chi connectivity index (χ2v) is 6.77. The summed E-state index contributed by atoms with van der Waals surface area (Å²) in [6, 6.07) is 2.11. The molecule has 8 heteroatoms. The molecule has 1 N–H and O–H groups in total. The van der Waals surface area contributed by atoms with Crippen LogP contribution in [0.5, 0.6) is 0 Å². The third-order valence-electron chi connectivity index (χ3n) is 2.55. The Kier molecular flexibility index (Phi) is 4.44. The Hall–Kier alpha value is -1.62. The summed E-state index contributed by atoms with van der Waals surface area (Å²) in [6.45, 7) is 4.43. The zero-order valence-electron chi connectivity index (χ0n) is 11.1. The molecule has 1 aromatic rings. The van der Waals surface area contributed by atoms with E-state index in [4.69, 9.17) is 18.0 Å². The number of benzene rings is 1. The molecule has 0 amide bonds. The van der Waals surface area contributed by atoms with Crippen LogP contribution in [0.15, 0.2) is 17.0 Å². The van der Waals surface area contributed by atoms with E-state index in [1.165, 1.54) is 20.8 Å². The number of terminal acetylenes is 1. The van der Waals surface area contributed by atoms with E-state index in [1.807, 2.05) is 0 Å². The van der Waals surface area contributed by atoms with E-state index < -0.39 is 20.5 Å². The Morgan fingerprint density at radius 1 is 1.45 bits per heavy atom. The molecule has 0 aliphatic carbocycles. The van der Waals surface area contributed by atoms with Crippen LogP contribution in [-0.4, -0.2) is 18.9 Å². The van der Waals surface area contributed by atoms with E-state index in [-0.39, 0.29) is 21.2 Å². The van der Waals surface area contributed by atoms with Crippen molar-refractivity contribution in [2.45, 2.75) is 31.2 Å². The number of nitro groups is 1. The molecule has 20 heavy (non-hydrogen) atoms. The molecular formula is C12H13ClN2O4S. The summed E-state index contributed by atoms with van der Waals surface area (Å²) in [5, 5.41) is 10.9. The van der Waals surface area contributed by atoms with Crippen LogP contribution in [0.3, 0.4) is 0 Å². The van der Waals surface area contributed by atoms with Gasteiger partial charge in [0.2, 0.25) is 10.0 Å². The van der Waals surface area contributed by atoms with Crippen molar-refractivity contribution in [2.75, 3.05) is 0 Å². The molecule has 0 fully saturated rings. The summed E-state index contributed by atoms with van der Waals surface area (Å²) >= 11 is 5.84. The number of hydrogen-bond donors (Lipinski definition) is 1. The molecule has 6 nitrogen and oxygen atoms in total. The van der Waals surface area contributed by atoms with Crippen LogP contribution in [0.4, 0.5) is 5.69 Å². The average Bonchev–Trinajstić information content (AvgIpc) is 2.30. The first-order chi connectivity index (χ1) is 9.00. The zero-order chi connectivity index (χ0) is 15.7. The Morgan fingerprint density at radius 2 is 2.00 bits per heavy atom. The zero-order valence-corrected chi connectivity index (χ0v) is 12.7. The summed E-state index contributed by atoms with van der Waals surface area (Å²) in [5.74, 6) is 2.27. The second kappa shape index (κ2) is 5.40. The number of sulfonamides is 1. The fraction of sp³-hybridized carbons (Fsp3) is 0.333. The van der Waals surface area contributed by atoms with E-state index in [1.54, 1.807) is 0 Å². The number of halogens is 1. The van der Waals surface area contributed by atoms with Crippen LogP contribution in [0.25, 0.3) is 0 Å². The van der Waals surface area contributed by atoms with E-state index in [2.05, 4.69) is 10.6 Å². The first-order valence-corrected chi connectivity index (χ1v) is 7.32. The number of hydrogen-bond acceptors (Lipinski definition) is 4. The molecule has 0 saturated carbocycles. The van der Waals surface area contributed by atoms with E-state index in [0.29, 0.717) is 0 Å². The molecule has 0 unspecified atom stereocenters. The molecule has 0 aromatic heterocycles. The summed E-state index contributed by atoms with van der Waals surface area (Å²) in [6.07, 6.45) is 5.21. The van der Waals surface area contributed by atoms with E-state index in [0.717, 1.165) is 12.1 Å². The van der Waals surface area contributed by atoms with Gasteiger partial charge in [-0.25, -0.2) is 8.42 Å². The summed E-state index contributed by atoms with van der Waals surface area (Å²) in [5.41, 5.74) is -1.28. The van der Waals surface area contributed by atoms with E-state index >= 15 is 0 Å². The fourth-order valence-electron chi connectivity index (χ4n) is 1.41. The average molecular weight is 317 g/mol. The van der Waals surface area contributed by atoms with Crippen molar-refractivity contribution < 1.29 is 13.3 Å². The molecule has 1 aromatic carbocycles. The Balaban J connectivity index is 3.42. The number of rotatable bonds is 4. The SMILES string of the molecule is C#CC(C)(C)NS(=O)(=O)c1cc(Cl)c(C)c([N+](=O)[O-])c1. The van der Waals surface area contributed by atoms with Gasteiger partial charge in [0.1, 0.15) is 0 Å². The minimum atomic E-state index is -4.01. The lowest BCUT2D eigenvalue weighted by Crippen LogP contribution is -2.41. The molecule has 0 saturated heterocycles. The quantitative estimate of drug-likeness (QED) is 0.524. The van der Waals surface area contributed by atoms with Gasteiger partial charge in [-0.05, 0) is 26.8 Å². The predicted octanol–water partition coefficient (Wildman–Crippen LogP) is 2.25. The Morgan fingerprint density at radius 3 is 2.45 bits per heavy atom. The molecule has 0 heterocycles. The van der Waals surface area contributed by atoms with Crippen molar-refractivity contribution in [1.82, 2.24) is 4.72 Å². The van der Waals surface area contributed by atoms with Crippen molar-refractivity contribution in [3.63, 3.8) is 0 Å². The van der Waals surface area contributed by atoms with Gasteiger partial charge >= 0.3 is 0 Å². The first kappa shape index (κ1) is 16.4. The largest absolute Gasteiger partial charge is 0.275 e. The maximum atomic E-state index is 12.2. The van der Waals surface area contributed by atoms with Gasteiger partial charge in [-0.1, -0.05) is 17.5 Å². The highest BCUT2D eigenvalue weighted by molar-refractivity contribution is 7.89. The van der Waals surface area contributed by atoms with Gasteiger partial charge in [-0.3, -0.25) is 10.1 Å². The normalized spacial score (nSPS) is 11.9. The Labute approximate surface area is 122 Å². The molecule has 1 rings (SSSR count). The van der Waals surface area contributed by atoms with Crippen LogP contribution in [0.2, 0.25) is 5.02 Å². The molecule has 0 bridgehead atoms. The molecule has 0 aliphatic heterocycles. The van der Waals surface area contributed by atoms with Crippen molar-refractivity contribution in [2.24, 2.45) is 0 Å². The Bertz CT molecular complexity index is 705. The smallest absolute Gasteiger partial charge is 0.258 e. The lowest BCUT2D eigenvalue weighted by Gasteiger charge is -2.19. The van der Waals surface area contributed by atoms with E-state index in [9.17, 15) is 18.5 Å². The minimum Gasteiger partial charge on any atom is -0.258 e.